The Morgan fingerprint density at radius 1 is 1.26 bits per heavy atom. The summed E-state index contributed by atoms with van der Waals surface area (Å²) in [5.41, 5.74) is 1.87. The van der Waals surface area contributed by atoms with Crippen LogP contribution >= 0.6 is 0 Å². The number of nitrogens with zero attached hydrogens (tertiary/aromatic N) is 2. The number of hydrogen-bond acceptors (Lipinski definition) is 8. The maximum atomic E-state index is 14.9. The first-order valence-corrected chi connectivity index (χ1v) is 10.5. The van der Waals surface area contributed by atoms with E-state index in [9.17, 15) is 9.50 Å². The molecule has 31 heavy (non-hydrogen) atoms. The van der Waals surface area contributed by atoms with E-state index in [1.165, 1.54) is 12.1 Å². The van der Waals surface area contributed by atoms with Crippen molar-refractivity contribution in [3.63, 3.8) is 0 Å². The highest BCUT2D eigenvalue weighted by Crippen LogP contribution is 2.49. The number of hydrogen-bond donors (Lipinski definition) is 2. The predicted molar refractivity (Wildman–Crippen MR) is 109 cm³/mol. The molecule has 1 aromatic heterocycles. The highest BCUT2D eigenvalue weighted by atomic mass is 19.1. The van der Waals surface area contributed by atoms with Crippen LogP contribution in [-0.2, 0) is 31.2 Å². The van der Waals surface area contributed by atoms with E-state index in [0.29, 0.717) is 49.9 Å². The second-order valence-corrected chi connectivity index (χ2v) is 8.37. The van der Waals surface area contributed by atoms with Crippen molar-refractivity contribution >= 4 is 5.82 Å². The molecule has 0 saturated carbocycles. The molecule has 0 bridgehead atoms. The molecule has 166 valence electrons. The molecule has 2 N–H and O–H groups in total. The maximum absolute atomic E-state index is 14.9. The van der Waals surface area contributed by atoms with Crippen molar-refractivity contribution in [1.82, 2.24) is 10.2 Å². The molecule has 2 fully saturated rings. The van der Waals surface area contributed by atoms with Gasteiger partial charge in [-0.15, -0.1) is 10.2 Å². The Balaban J connectivity index is 1.62. The Hall–Kier alpha value is -2.33. The Morgan fingerprint density at radius 2 is 2.13 bits per heavy atom. The van der Waals surface area contributed by atoms with Crippen LogP contribution in [0.4, 0.5) is 10.2 Å². The van der Waals surface area contributed by atoms with Crippen LogP contribution in [0.1, 0.15) is 29.5 Å². The molecule has 2 aromatic rings. The molecule has 4 heterocycles. The third-order valence-electron chi connectivity index (χ3n) is 6.39. The van der Waals surface area contributed by atoms with Crippen LogP contribution in [0.3, 0.4) is 0 Å². The zero-order chi connectivity index (χ0) is 21.6. The minimum absolute atomic E-state index is 0.00696. The van der Waals surface area contributed by atoms with Crippen LogP contribution in [0.15, 0.2) is 12.1 Å². The van der Waals surface area contributed by atoms with Crippen molar-refractivity contribution in [2.24, 2.45) is 0 Å². The first-order chi connectivity index (χ1) is 15.0. The number of phenols is 1. The molecule has 0 amide bonds. The normalized spacial score (nSPS) is 27.6. The topological polar surface area (TPSA) is 95.0 Å². The van der Waals surface area contributed by atoms with E-state index in [0.717, 1.165) is 17.5 Å². The lowest BCUT2D eigenvalue weighted by Gasteiger charge is -2.33. The van der Waals surface area contributed by atoms with E-state index < -0.39 is 11.4 Å². The van der Waals surface area contributed by atoms with Gasteiger partial charge in [0.25, 0.3) is 0 Å². The van der Waals surface area contributed by atoms with Gasteiger partial charge in [-0.05, 0) is 31.0 Å². The van der Waals surface area contributed by atoms with Gasteiger partial charge in [0.15, 0.2) is 5.82 Å². The van der Waals surface area contributed by atoms with Gasteiger partial charge in [0.05, 0.1) is 31.4 Å². The van der Waals surface area contributed by atoms with Crippen molar-refractivity contribution in [3.05, 3.63) is 34.6 Å². The molecule has 3 aliphatic heterocycles. The van der Waals surface area contributed by atoms with Gasteiger partial charge in [0.1, 0.15) is 29.0 Å². The summed E-state index contributed by atoms with van der Waals surface area (Å²) in [4.78, 5) is 0. The van der Waals surface area contributed by atoms with Gasteiger partial charge in [0.2, 0.25) is 0 Å². The third kappa shape index (κ3) is 3.45. The lowest BCUT2D eigenvalue weighted by atomic mass is 9.89. The Bertz CT molecular complexity index is 972. The number of aryl methyl sites for hydroxylation is 1. The molecule has 3 atom stereocenters. The zero-order valence-corrected chi connectivity index (χ0v) is 17.6. The number of ether oxygens (including phenoxy) is 4. The number of nitrogens with one attached hydrogen (secondary N) is 1. The summed E-state index contributed by atoms with van der Waals surface area (Å²) in [7, 11) is 1.66. The quantitative estimate of drug-likeness (QED) is 0.763. The van der Waals surface area contributed by atoms with E-state index in [2.05, 4.69) is 15.5 Å². The second kappa shape index (κ2) is 7.98. The number of methoxy groups -OCH3 is 1. The summed E-state index contributed by atoms with van der Waals surface area (Å²) in [6.45, 7) is 4.05. The molecule has 1 spiro atoms. The Kier molecular flexibility index (Phi) is 5.29. The van der Waals surface area contributed by atoms with Crippen LogP contribution in [0.25, 0.3) is 11.3 Å². The van der Waals surface area contributed by atoms with E-state index in [-0.39, 0.29) is 30.1 Å². The first-order valence-electron chi connectivity index (χ1n) is 10.5. The molecular weight excluding hydrogens is 405 g/mol. The summed E-state index contributed by atoms with van der Waals surface area (Å²) in [5, 5.41) is 22.8. The lowest BCUT2D eigenvalue weighted by Crippen LogP contribution is -2.44. The number of rotatable bonds is 4. The summed E-state index contributed by atoms with van der Waals surface area (Å²) < 4.78 is 37.8. The molecule has 8 nitrogen and oxygen atoms in total. The zero-order valence-electron chi connectivity index (χ0n) is 17.6. The van der Waals surface area contributed by atoms with Gasteiger partial charge in [-0.3, -0.25) is 0 Å². The summed E-state index contributed by atoms with van der Waals surface area (Å²) in [5.74, 6) is -0.118. The summed E-state index contributed by atoms with van der Waals surface area (Å²) in [6, 6.07) is 2.89. The van der Waals surface area contributed by atoms with Gasteiger partial charge < -0.3 is 29.4 Å². The largest absolute Gasteiger partial charge is 0.507 e. The van der Waals surface area contributed by atoms with Gasteiger partial charge >= 0.3 is 0 Å². The SMILES string of the molecule is CO[C@@H]1COCCC1Nc1nnc(-c2c(O)cc(C)cc2F)c2c1[C@@]1(CCOC1)OC2. The van der Waals surface area contributed by atoms with Crippen molar-refractivity contribution in [2.45, 2.75) is 44.1 Å². The van der Waals surface area contributed by atoms with Crippen LogP contribution in [0.5, 0.6) is 5.75 Å². The monoisotopic (exact) mass is 431 g/mol. The van der Waals surface area contributed by atoms with Gasteiger partial charge in [-0.1, -0.05) is 0 Å². The smallest absolute Gasteiger partial charge is 0.155 e. The second-order valence-electron chi connectivity index (χ2n) is 8.37. The fourth-order valence-electron chi connectivity index (χ4n) is 4.79. The van der Waals surface area contributed by atoms with Gasteiger partial charge in [-0.25, -0.2) is 4.39 Å². The minimum atomic E-state index is -0.660. The fourth-order valence-corrected chi connectivity index (χ4v) is 4.79. The third-order valence-corrected chi connectivity index (χ3v) is 6.39. The maximum Gasteiger partial charge on any atom is 0.155 e. The average molecular weight is 431 g/mol. The average Bonchev–Trinajstić information content (AvgIpc) is 3.37. The van der Waals surface area contributed by atoms with E-state index in [1.54, 1.807) is 14.0 Å². The number of benzene rings is 1. The molecule has 2 saturated heterocycles. The number of aromatic hydroxyl groups is 1. The van der Waals surface area contributed by atoms with Gasteiger partial charge in [-0.2, -0.15) is 0 Å². The fraction of sp³-hybridized carbons (Fsp3) is 0.545. The highest BCUT2D eigenvalue weighted by Gasteiger charge is 2.48. The van der Waals surface area contributed by atoms with Crippen LogP contribution < -0.4 is 5.32 Å². The number of halogens is 1. The Labute approximate surface area is 179 Å². The molecule has 9 heteroatoms. The predicted octanol–water partition coefficient (Wildman–Crippen LogP) is 2.66. The van der Waals surface area contributed by atoms with Crippen LogP contribution in [0, 0.1) is 12.7 Å². The van der Waals surface area contributed by atoms with Crippen molar-refractivity contribution < 1.29 is 28.4 Å². The number of phenolic OH excluding ortho intramolecular Hbond substituents is 1. The lowest BCUT2D eigenvalue weighted by molar-refractivity contribution is -0.0427. The molecule has 5 rings (SSSR count). The highest BCUT2D eigenvalue weighted by molar-refractivity contribution is 5.74. The van der Waals surface area contributed by atoms with Crippen molar-refractivity contribution in [2.75, 3.05) is 38.9 Å². The van der Waals surface area contributed by atoms with Crippen molar-refractivity contribution in [3.8, 4) is 17.0 Å². The number of anilines is 1. The van der Waals surface area contributed by atoms with Gasteiger partial charge in [0, 0.05) is 37.9 Å². The van der Waals surface area contributed by atoms with Crippen molar-refractivity contribution in [1.29, 1.82) is 0 Å². The van der Waals surface area contributed by atoms with E-state index in [4.69, 9.17) is 18.9 Å². The molecule has 0 aliphatic carbocycles. The summed E-state index contributed by atoms with van der Waals surface area (Å²) in [6.07, 6.45) is 1.31. The molecule has 1 aromatic carbocycles. The number of fused-ring (bicyclic) bond motifs is 2. The molecular formula is C22H26FN3O5. The molecule has 0 radical (unpaired) electrons. The van der Waals surface area contributed by atoms with E-state index in [1.807, 2.05) is 0 Å². The first kappa shape index (κ1) is 20.6. The minimum Gasteiger partial charge on any atom is -0.507 e. The molecule has 1 unspecified atom stereocenters. The standard InChI is InChI=1S/C22H26FN3O5/c1-12-7-14(23)18(16(27)8-12)20-13-9-31-22(4-6-30-11-22)19(13)21(26-25-20)24-15-3-5-29-10-17(15)28-2/h7-8,15,17,27H,3-6,9-11H2,1-2H3,(H,24,26)/t15?,17-,22+/m1/s1. The van der Waals surface area contributed by atoms with E-state index >= 15 is 0 Å². The van der Waals surface area contributed by atoms with Crippen LogP contribution in [-0.4, -0.2) is 61.0 Å². The summed E-state index contributed by atoms with van der Waals surface area (Å²) >= 11 is 0. The van der Waals surface area contributed by atoms with Crippen LogP contribution in [0.2, 0.25) is 0 Å². The molecule has 3 aliphatic rings. The number of aromatic nitrogens is 2. The Morgan fingerprint density at radius 3 is 2.87 bits per heavy atom.